The van der Waals surface area contributed by atoms with E-state index in [-0.39, 0.29) is 6.04 Å². The minimum Gasteiger partial charge on any atom is -0.468 e. The molecule has 0 aliphatic carbocycles. The normalized spacial score (nSPS) is 12.9. The van der Waals surface area contributed by atoms with Gasteiger partial charge in [-0.2, -0.15) is 4.98 Å². The van der Waals surface area contributed by atoms with Crippen molar-refractivity contribution in [2.24, 2.45) is 0 Å². The molecule has 2 rings (SSSR count). The number of furan rings is 1. The van der Waals surface area contributed by atoms with Gasteiger partial charge in [0.15, 0.2) is 5.82 Å². The van der Waals surface area contributed by atoms with Crippen LogP contribution in [0.3, 0.4) is 0 Å². The molecule has 5 heteroatoms. The molecule has 0 fully saturated rings. The molecule has 1 atom stereocenters. The zero-order chi connectivity index (χ0) is 11.4. The van der Waals surface area contributed by atoms with Gasteiger partial charge in [-0.1, -0.05) is 12.1 Å². The van der Waals surface area contributed by atoms with Crippen LogP contribution in [0.2, 0.25) is 0 Å². The van der Waals surface area contributed by atoms with Crippen LogP contribution in [-0.4, -0.2) is 10.1 Å². The van der Waals surface area contributed by atoms with Gasteiger partial charge in [0.05, 0.1) is 18.8 Å². The zero-order valence-corrected chi connectivity index (χ0v) is 9.43. The molecule has 5 nitrogen and oxygen atoms in total. The number of hydrogen-bond acceptors (Lipinski definition) is 5. The Kier molecular flexibility index (Phi) is 3.36. The Morgan fingerprint density at radius 3 is 2.94 bits per heavy atom. The fourth-order valence-corrected chi connectivity index (χ4v) is 1.56. The highest BCUT2D eigenvalue weighted by Gasteiger charge is 2.12. The molecule has 2 aromatic rings. The molecule has 0 spiro atoms. The molecule has 86 valence electrons. The summed E-state index contributed by atoms with van der Waals surface area (Å²) in [5.41, 5.74) is 0. The van der Waals surface area contributed by atoms with E-state index in [0.29, 0.717) is 18.3 Å². The van der Waals surface area contributed by atoms with Crippen molar-refractivity contribution in [3.8, 4) is 0 Å². The molecule has 0 bridgehead atoms. The molecule has 1 unspecified atom stereocenters. The monoisotopic (exact) mass is 221 g/mol. The minimum absolute atomic E-state index is 0.189. The van der Waals surface area contributed by atoms with E-state index in [1.165, 1.54) is 0 Å². The summed E-state index contributed by atoms with van der Waals surface area (Å²) in [5, 5.41) is 7.15. The van der Waals surface area contributed by atoms with Crippen LogP contribution in [0.1, 0.15) is 36.9 Å². The molecule has 0 amide bonds. The molecule has 0 saturated carbocycles. The Labute approximate surface area is 93.8 Å². The van der Waals surface area contributed by atoms with Gasteiger partial charge >= 0.3 is 0 Å². The van der Waals surface area contributed by atoms with Crippen molar-refractivity contribution in [1.82, 2.24) is 15.5 Å². The number of rotatable bonds is 5. The van der Waals surface area contributed by atoms with Gasteiger partial charge in [-0.3, -0.25) is 0 Å². The third-order valence-corrected chi connectivity index (χ3v) is 2.37. The maximum absolute atomic E-state index is 5.35. The lowest BCUT2D eigenvalue weighted by Crippen LogP contribution is -2.20. The van der Waals surface area contributed by atoms with Crippen LogP contribution < -0.4 is 5.32 Å². The molecule has 16 heavy (non-hydrogen) atoms. The molecule has 1 N–H and O–H groups in total. The van der Waals surface area contributed by atoms with Gasteiger partial charge in [0.1, 0.15) is 5.76 Å². The second-order valence-corrected chi connectivity index (χ2v) is 3.59. The van der Waals surface area contributed by atoms with E-state index in [9.17, 15) is 0 Å². The van der Waals surface area contributed by atoms with Gasteiger partial charge in [-0.25, -0.2) is 0 Å². The first-order valence-corrected chi connectivity index (χ1v) is 5.35. The van der Waals surface area contributed by atoms with Crippen LogP contribution in [0.4, 0.5) is 0 Å². The summed E-state index contributed by atoms with van der Waals surface area (Å²) < 4.78 is 10.2. The Hall–Kier alpha value is -1.62. The Bertz CT molecular complexity index is 422. The number of nitrogens with zero attached hydrogens (tertiary/aromatic N) is 2. The van der Waals surface area contributed by atoms with Crippen LogP contribution in [0, 0.1) is 6.92 Å². The smallest absolute Gasteiger partial charge is 0.223 e. The lowest BCUT2D eigenvalue weighted by molar-refractivity contribution is 0.374. The first-order chi connectivity index (χ1) is 7.79. The number of aromatic nitrogens is 2. The summed E-state index contributed by atoms with van der Waals surface area (Å²) in [5.74, 6) is 2.19. The van der Waals surface area contributed by atoms with Crippen LogP contribution in [0.5, 0.6) is 0 Å². The van der Waals surface area contributed by atoms with E-state index >= 15 is 0 Å². The molecule has 0 aromatic carbocycles. The first-order valence-electron chi connectivity index (χ1n) is 5.35. The lowest BCUT2D eigenvalue weighted by Gasteiger charge is -2.12. The van der Waals surface area contributed by atoms with Gasteiger partial charge in [-0.15, -0.1) is 0 Å². The van der Waals surface area contributed by atoms with E-state index in [0.717, 1.165) is 12.2 Å². The van der Waals surface area contributed by atoms with Gasteiger partial charge in [0.25, 0.3) is 0 Å². The van der Waals surface area contributed by atoms with E-state index in [1.807, 2.05) is 12.1 Å². The second kappa shape index (κ2) is 4.94. The Morgan fingerprint density at radius 2 is 2.38 bits per heavy atom. The van der Waals surface area contributed by atoms with Crippen molar-refractivity contribution in [1.29, 1.82) is 0 Å². The number of aryl methyl sites for hydroxylation is 1. The van der Waals surface area contributed by atoms with Crippen molar-refractivity contribution >= 4 is 0 Å². The maximum atomic E-state index is 5.35. The predicted octanol–water partition coefficient (Wildman–Crippen LogP) is 2.21. The van der Waals surface area contributed by atoms with Crippen molar-refractivity contribution in [2.75, 3.05) is 0 Å². The lowest BCUT2D eigenvalue weighted by atomic mass is 10.2. The van der Waals surface area contributed by atoms with Gasteiger partial charge < -0.3 is 14.3 Å². The molecule has 0 radical (unpaired) electrons. The average Bonchev–Trinajstić information content (AvgIpc) is 2.91. The third-order valence-electron chi connectivity index (χ3n) is 2.37. The fourth-order valence-electron chi connectivity index (χ4n) is 1.56. The summed E-state index contributed by atoms with van der Waals surface area (Å²) in [6, 6.07) is 4.04. The fraction of sp³-hybridized carbons (Fsp3) is 0.455. The van der Waals surface area contributed by atoms with Crippen LogP contribution in [0.15, 0.2) is 27.3 Å². The highest BCUT2D eigenvalue weighted by atomic mass is 16.5. The quantitative estimate of drug-likeness (QED) is 0.838. The molecular weight excluding hydrogens is 206 g/mol. The molecular formula is C11H15N3O2. The summed E-state index contributed by atoms with van der Waals surface area (Å²) >= 11 is 0. The highest BCUT2D eigenvalue weighted by molar-refractivity contribution is 5.04. The van der Waals surface area contributed by atoms with E-state index < -0.39 is 0 Å². The largest absolute Gasteiger partial charge is 0.468 e. The molecule has 0 saturated heterocycles. The first kappa shape index (κ1) is 10.9. The molecule has 0 aliphatic rings. The van der Waals surface area contributed by atoms with Crippen molar-refractivity contribution in [2.45, 2.75) is 32.9 Å². The van der Waals surface area contributed by atoms with Gasteiger partial charge in [0.2, 0.25) is 5.89 Å². The summed E-state index contributed by atoms with van der Waals surface area (Å²) in [6.07, 6.45) is 2.63. The SMILES string of the molecule is CCC(NCc1noc(C)n1)c1ccco1. The van der Waals surface area contributed by atoms with Crippen molar-refractivity contribution < 1.29 is 8.94 Å². The zero-order valence-electron chi connectivity index (χ0n) is 9.43. The summed E-state index contributed by atoms with van der Waals surface area (Å²) in [7, 11) is 0. The summed E-state index contributed by atoms with van der Waals surface area (Å²) in [6.45, 7) is 4.46. The maximum Gasteiger partial charge on any atom is 0.223 e. The van der Waals surface area contributed by atoms with E-state index in [1.54, 1.807) is 13.2 Å². The summed E-state index contributed by atoms with van der Waals surface area (Å²) in [4.78, 5) is 4.13. The average molecular weight is 221 g/mol. The standard InChI is InChI=1S/C11H15N3O2/c1-3-9(10-5-4-6-15-10)12-7-11-13-8(2)16-14-11/h4-6,9,12H,3,7H2,1-2H3. The third kappa shape index (κ3) is 2.49. The predicted molar refractivity (Wildman–Crippen MR) is 57.6 cm³/mol. The molecule has 0 aliphatic heterocycles. The van der Waals surface area contributed by atoms with Gasteiger partial charge in [-0.05, 0) is 18.6 Å². The van der Waals surface area contributed by atoms with E-state index in [2.05, 4.69) is 22.4 Å². The Morgan fingerprint density at radius 1 is 1.50 bits per heavy atom. The van der Waals surface area contributed by atoms with Crippen LogP contribution >= 0.6 is 0 Å². The number of hydrogen-bond donors (Lipinski definition) is 1. The number of nitrogens with one attached hydrogen (secondary N) is 1. The van der Waals surface area contributed by atoms with Crippen molar-refractivity contribution in [3.05, 3.63) is 35.9 Å². The molecule has 2 aromatic heterocycles. The van der Waals surface area contributed by atoms with E-state index in [4.69, 9.17) is 8.94 Å². The Balaban J connectivity index is 1.93. The second-order valence-electron chi connectivity index (χ2n) is 3.59. The van der Waals surface area contributed by atoms with Gasteiger partial charge in [0, 0.05) is 6.92 Å². The van der Waals surface area contributed by atoms with Crippen LogP contribution in [-0.2, 0) is 6.54 Å². The van der Waals surface area contributed by atoms with Crippen LogP contribution in [0.25, 0.3) is 0 Å². The molecule has 2 heterocycles. The minimum atomic E-state index is 0.189. The highest BCUT2D eigenvalue weighted by Crippen LogP contribution is 2.16. The van der Waals surface area contributed by atoms with Crippen molar-refractivity contribution in [3.63, 3.8) is 0 Å². The topological polar surface area (TPSA) is 64.1 Å².